The average molecular weight is 320 g/mol. The van der Waals surface area contributed by atoms with E-state index in [-0.39, 0.29) is 23.2 Å². The molecule has 3 nitrogen and oxygen atoms in total. The molecule has 0 aromatic heterocycles. The van der Waals surface area contributed by atoms with Crippen molar-refractivity contribution in [1.29, 1.82) is 0 Å². The van der Waals surface area contributed by atoms with Crippen molar-refractivity contribution in [2.45, 2.75) is 78.9 Å². The van der Waals surface area contributed by atoms with Gasteiger partial charge >= 0.3 is 5.97 Å². The van der Waals surface area contributed by atoms with Gasteiger partial charge < -0.3 is 9.84 Å². The first kappa shape index (κ1) is 18.3. The Morgan fingerprint density at radius 2 is 2.09 bits per heavy atom. The lowest BCUT2D eigenvalue weighted by Crippen LogP contribution is -2.62. The summed E-state index contributed by atoms with van der Waals surface area (Å²) in [4.78, 5) is 12.3. The van der Waals surface area contributed by atoms with Gasteiger partial charge in [-0.3, -0.25) is 0 Å². The van der Waals surface area contributed by atoms with Crippen molar-refractivity contribution in [2.24, 2.45) is 17.3 Å². The molecular weight excluding hydrogens is 288 g/mol. The number of rotatable bonds is 3. The Kier molecular flexibility index (Phi) is 5.10. The van der Waals surface area contributed by atoms with E-state index < -0.39 is 11.7 Å². The zero-order valence-electron chi connectivity index (χ0n) is 15.5. The molecule has 0 aromatic rings. The van der Waals surface area contributed by atoms with Crippen LogP contribution < -0.4 is 0 Å². The Labute approximate surface area is 140 Å². The number of esters is 1. The van der Waals surface area contributed by atoms with Crippen molar-refractivity contribution in [3.05, 3.63) is 23.3 Å². The lowest BCUT2D eigenvalue weighted by Gasteiger charge is -2.57. The molecule has 1 fully saturated rings. The van der Waals surface area contributed by atoms with Crippen LogP contribution in [0.15, 0.2) is 23.3 Å². The normalized spacial score (nSPS) is 38.1. The molecule has 2 aliphatic carbocycles. The summed E-state index contributed by atoms with van der Waals surface area (Å²) in [7, 11) is 0. The largest absolute Gasteiger partial charge is 0.452 e. The Morgan fingerprint density at radius 3 is 2.65 bits per heavy atom. The van der Waals surface area contributed by atoms with Crippen molar-refractivity contribution in [1.82, 2.24) is 0 Å². The SMILES string of the molecule is C/C=C(\C)C(=O)O[C@H]1C=C(C)[C@@]2(C)CCCC[C@@H]2[C@@]1(O)C(C)C. The maximum Gasteiger partial charge on any atom is 0.334 e. The number of fused-ring (bicyclic) bond motifs is 1. The highest BCUT2D eigenvalue weighted by atomic mass is 16.6. The van der Waals surface area contributed by atoms with Crippen molar-refractivity contribution < 1.29 is 14.6 Å². The third kappa shape index (κ3) is 2.88. The Bertz CT molecular complexity index is 531. The molecule has 23 heavy (non-hydrogen) atoms. The van der Waals surface area contributed by atoms with E-state index in [4.69, 9.17) is 4.74 Å². The van der Waals surface area contributed by atoms with Gasteiger partial charge in [-0.2, -0.15) is 0 Å². The van der Waals surface area contributed by atoms with Crippen LogP contribution in [-0.4, -0.2) is 22.8 Å². The van der Waals surface area contributed by atoms with E-state index in [0.29, 0.717) is 5.57 Å². The molecule has 1 saturated carbocycles. The summed E-state index contributed by atoms with van der Waals surface area (Å²) in [6, 6.07) is 0. The molecule has 0 spiro atoms. The molecule has 0 aromatic carbocycles. The second-order valence-electron chi connectivity index (χ2n) is 7.91. The van der Waals surface area contributed by atoms with Crippen LogP contribution in [0.4, 0.5) is 0 Å². The minimum absolute atomic E-state index is 0.00974. The molecule has 0 unspecified atom stereocenters. The molecule has 0 radical (unpaired) electrons. The predicted molar refractivity (Wildman–Crippen MR) is 92.9 cm³/mol. The van der Waals surface area contributed by atoms with E-state index in [2.05, 4.69) is 13.8 Å². The number of hydrogen-bond donors (Lipinski definition) is 1. The van der Waals surface area contributed by atoms with Gasteiger partial charge in [-0.15, -0.1) is 0 Å². The number of carbonyl (C=O) groups excluding carboxylic acids is 1. The van der Waals surface area contributed by atoms with Crippen LogP contribution in [-0.2, 0) is 9.53 Å². The maximum atomic E-state index is 12.3. The fraction of sp³-hybridized carbons (Fsp3) is 0.750. The predicted octanol–water partition coefficient (Wildman–Crippen LogP) is 4.41. The number of hydrogen-bond acceptors (Lipinski definition) is 3. The minimum Gasteiger partial charge on any atom is -0.452 e. The number of carbonyl (C=O) groups is 1. The van der Waals surface area contributed by atoms with Gasteiger partial charge in [-0.1, -0.05) is 45.3 Å². The van der Waals surface area contributed by atoms with Crippen molar-refractivity contribution >= 4 is 5.97 Å². The van der Waals surface area contributed by atoms with Crippen LogP contribution in [0, 0.1) is 17.3 Å². The number of aliphatic hydroxyl groups is 1. The molecular formula is C20H32O3. The zero-order chi connectivity index (χ0) is 17.4. The summed E-state index contributed by atoms with van der Waals surface area (Å²) in [6.45, 7) is 12.0. The fourth-order valence-corrected chi connectivity index (χ4v) is 4.48. The molecule has 0 aliphatic heterocycles. The van der Waals surface area contributed by atoms with Gasteiger partial charge in [0.05, 0.1) is 0 Å². The van der Waals surface area contributed by atoms with E-state index >= 15 is 0 Å². The molecule has 0 heterocycles. The van der Waals surface area contributed by atoms with Crippen LogP contribution >= 0.6 is 0 Å². The van der Waals surface area contributed by atoms with E-state index in [1.165, 1.54) is 12.0 Å². The summed E-state index contributed by atoms with van der Waals surface area (Å²) < 4.78 is 5.75. The fourth-order valence-electron chi connectivity index (χ4n) is 4.48. The van der Waals surface area contributed by atoms with Crippen LogP contribution in [0.1, 0.15) is 67.2 Å². The summed E-state index contributed by atoms with van der Waals surface area (Å²) >= 11 is 0. The first-order valence-electron chi connectivity index (χ1n) is 8.93. The van der Waals surface area contributed by atoms with Gasteiger partial charge in [0, 0.05) is 11.5 Å². The summed E-state index contributed by atoms with van der Waals surface area (Å²) in [5.41, 5.74) is 0.844. The molecule has 3 heteroatoms. The molecule has 4 atom stereocenters. The van der Waals surface area contributed by atoms with Gasteiger partial charge in [-0.05, 0) is 51.0 Å². The van der Waals surface area contributed by atoms with Gasteiger partial charge in [0.25, 0.3) is 0 Å². The van der Waals surface area contributed by atoms with Crippen molar-refractivity contribution in [3.63, 3.8) is 0 Å². The van der Waals surface area contributed by atoms with Gasteiger partial charge in [0.1, 0.15) is 11.7 Å². The van der Waals surface area contributed by atoms with E-state index in [9.17, 15) is 9.90 Å². The lowest BCUT2D eigenvalue weighted by molar-refractivity contribution is -0.192. The highest BCUT2D eigenvalue weighted by Gasteiger charge is 2.58. The van der Waals surface area contributed by atoms with Crippen molar-refractivity contribution in [3.8, 4) is 0 Å². The first-order valence-corrected chi connectivity index (χ1v) is 8.93. The van der Waals surface area contributed by atoms with Gasteiger partial charge in [0.15, 0.2) is 0 Å². The van der Waals surface area contributed by atoms with E-state index in [1.54, 1.807) is 13.0 Å². The molecule has 2 aliphatic rings. The molecule has 0 saturated heterocycles. The summed E-state index contributed by atoms with van der Waals surface area (Å²) in [5.74, 6) is -0.171. The summed E-state index contributed by atoms with van der Waals surface area (Å²) in [5, 5.41) is 11.6. The van der Waals surface area contributed by atoms with Crippen LogP contribution in [0.25, 0.3) is 0 Å². The van der Waals surface area contributed by atoms with Crippen LogP contribution in [0.5, 0.6) is 0 Å². The van der Waals surface area contributed by atoms with Crippen LogP contribution in [0.2, 0.25) is 0 Å². The summed E-state index contributed by atoms with van der Waals surface area (Å²) in [6.07, 6.45) is 7.62. The number of ether oxygens (including phenoxy) is 1. The van der Waals surface area contributed by atoms with E-state index in [0.717, 1.165) is 19.3 Å². The quantitative estimate of drug-likeness (QED) is 0.476. The molecule has 2 rings (SSSR count). The second-order valence-corrected chi connectivity index (χ2v) is 7.91. The van der Waals surface area contributed by atoms with Crippen LogP contribution in [0.3, 0.4) is 0 Å². The van der Waals surface area contributed by atoms with Gasteiger partial charge in [-0.25, -0.2) is 4.79 Å². The molecule has 0 bridgehead atoms. The topological polar surface area (TPSA) is 46.5 Å². The highest BCUT2D eigenvalue weighted by Crippen LogP contribution is 2.57. The monoisotopic (exact) mass is 320 g/mol. The number of allylic oxidation sites excluding steroid dienone is 2. The first-order chi connectivity index (χ1) is 10.7. The standard InChI is InChI=1S/C20H32O3/c1-7-14(4)18(21)23-17-12-15(5)19(6)11-9-8-10-16(19)20(17,22)13(2)3/h7,12-13,16-17,22H,8-11H2,1-6H3/b14-7+/t16-,17-,19+,20-/m0/s1. The van der Waals surface area contributed by atoms with E-state index in [1.807, 2.05) is 26.8 Å². The third-order valence-electron chi connectivity index (χ3n) is 6.44. The third-order valence-corrected chi connectivity index (χ3v) is 6.44. The van der Waals surface area contributed by atoms with Gasteiger partial charge in [0.2, 0.25) is 0 Å². The molecule has 130 valence electrons. The van der Waals surface area contributed by atoms with Crippen molar-refractivity contribution in [2.75, 3.05) is 0 Å². The molecule has 1 N–H and O–H groups in total. The average Bonchev–Trinajstić information content (AvgIpc) is 2.51. The Morgan fingerprint density at radius 1 is 1.43 bits per heavy atom. The maximum absolute atomic E-state index is 12.3. The lowest BCUT2D eigenvalue weighted by atomic mass is 9.52. The second kappa shape index (κ2) is 6.43. The molecule has 0 amide bonds. The minimum atomic E-state index is -1.00. The Balaban J connectivity index is 2.45. The zero-order valence-corrected chi connectivity index (χ0v) is 15.5. The Hall–Kier alpha value is -1.09. The highest BCUT2D eigenvalue weighted by molar-refractivity contribution is 5.87. The smallest absolute Gasteiger partial charge is 0.334 e.